The molecule has 2 heterocycles. The Balaban J connectivity index is 1.86. The predicted molar refractivity (Wildman–Crippen MR) is 58.9 cm³/mol. The first-order chi connectivity index (χ1) is 7.25. The second kappa shape index (κ2) is 4.57. The van der Waals surface area contributed by atoms with E-state index in [-0.39, 0.29) is 6.03 Å². The molecule has 5 nitrogen and oxygen atoms in total. The summed E-state index contributed by atoms with van der Waals surface area (Å²) in [5, 5.41) is 2.73. The zero-order valence-electron chi connectivity index (χ0n) is 8.64. The van der Waals surface area contributed by atoms with Gasteiger partial charge in [-0.2, -0.15) is 8.75 Å². The third-order valence-electron chi connectivity index (χ3n) is 2.67. The van der Waals surface area contributed by atoms with Crippen molar-refractivity contribution in [2.45, 2.75) is 19.8 Å². The SMILES string of the molecule is CC1CCN(C(=O)Nc2cnsn2)CC1. The molecule has 1 fully saturated rings. The standard InChI is InChI=1S/C9H14N4OS/c1-7-2-4-13(5-3-7)9(14)11-8-6-10-15-12-8/h6-7H,2-5H2,1H3,(H,11,12,14). The van der Waals surface area contributed by atoms with Crippen molar-refractivity contribution in [1.29, 1.82) is 0 Å². The number of aromatic nitrogens is 2. The molecule has 1 aromatic rings. The smallest absolute Gasteiger partial charge is 0.323 e. The van der Waals surface area contributed by atoms with E-state index >= 15 is 0 Å². The number of nitrogens with one attached hydrogen (secondary N) is 1. The molecule has 0 radical (unpaired) electrons. The summed E-state index contributed by atoms with van der Waals surface area (Å²) in [5.41, 5.74) is 0. The van der Waals surface area contributed by atoms with E-state index in [1.165, 1.54) is 0 Å². The number of anilines is 1. The molecule has 1 aromatic heterocycles. The maximum absolute atomic E-state index is 11.7. The molecule has 0 saturated carbocycles. The number of urea groups is 1. The van der Waals surface area contributed by atoms with Crippen LogP contribution in [0.2, 0.25) is 0 Å². The van der Waals surface area contributed by atoms with E-state index in [9.17, 15) is 4.79 Å². The van der Waals surface area contributed by atoms with Gasteiger partial charge in [0.25, 0.3) is 0 Å². The first-order valence-electron chi connectivity index (χ1n) is 5.09. The number of amides is 2. The van der Waals surface area contributed by atoms with Crippen LogP contribution in [0, 0.1) is 5.92 Å². The van der Waals surface area contributed by atoms with Gasteiger partial charge in [0.05, 0.1) is 17.9 Å². The Morgan fingerprint density at radius 1 is 1.60 bits per heavy atom. The zero-order valence-corrected chi connectivity index (χ0v) is 9.46. The lowest BCUT2D eigenvalue weighted by Gasteiger charge is -2.29. The number of carbonyl (C=O) groups is 1. The molecule has 1 aliphatic heterocycles. The third kappa shape index (κ3) is 2.65. The van der Waals surface area contributed by atoms with Crippen LogP contribution in [-0.4, -0.2) is 32.8 Å². The van der Waals surface area contributed by atoms with Crippen molar-refractivity contribution in [1.82, 2.24) is 13.6 Å². The van der Waals surface area contributed by atoms with E-state index in [0.29, 0.717) is 5.82 Å². The van der Waals surface area contributed by atoms with Gasteiger partial charge in [0.1, 0.15) is 0 Å². The summed E-state index contributed by atoms with van der Waals surface area (Å²) in [6.07, 6.45) is 3.74. The van der Waals surface area contributed by atoms with Gasteiger partial charge in [0, 0.05) is 13.1 Å². The third-order valence-corrected chi connectivity index (χ3v) is 3.15. The van der Waals surface area contributed by atoms with Gasteiger partial charge in [-0.25, -0.2) is 4.79 Å². The van der Waals surface area contributed by atoms with Gasteiger partial charge in [-0.3, -0.25) is 5.32 Å². The molecular formula is C9H14N4OS. The summed E-state index contributed by atoms with van der Waals surface area (Å²) in [4.78, 5) is 13.6. The van der Waals surface area contributed by atoms with E-state index < -0.39 is 0 Å². The molecule has 1 saturated heterocycles. The number of hydrogen-bond acceptors (Lipinski definition) is 4. The Morgan fingerprint density at radius 2 is 2.33 bits per heavy atom. The monoisotopic (exact) mass is 226 g/mol. The number of carbonyl (C=O) groups excluding carboxylic acids is 1. The van der Waals surface area contributed by atoms with Gasteiger partial charge >= 0.3 is 6.03 Å². The van der Waals surface area contributed by atoms with Crippen LogP contribution in [0.3, 0.4) is 0 Å². The lowest BCUT2D eigenvalue weighted by Crippen LogP contribution is -2.40. The van der Waals surface area contributed by atoms with E-state index in [1.54, 1.807) is 6.20 Å². The molecule has 82 valence electrons. The normalized spacial score (nSPS) is 17.8. The zero-order chi connectivity index (χ0) is 10.7. The van der Waals surface area contributed by atoms with E-state index in [1.807, 2.05) is 4.90 Å². The van der Waals surface area contributed by atoms with Crippen LogP contribution in [0.4, 0.5) is 10.6 Å². The maximum atomic E-state index is 11.7. The molecule has 0 aliphatic carbocycles. The van der Waals surface area contributed by atoms with Gasteiger partial charge in [-0.15, -0.1) is 0 Å². The lowest BCUT2D eigenvalue weighted by atomic mass is 10.00. The van der Waals surface area contributed by atoms with Crippen LogP contribution < -0.4 is 5.32 Å². The molecule has 2 amide bonds. The van der Waals surface area contributed by atoms with Crippen molar-refractivity contribution in [2.24, 2.45) is 5.92 Å². The molecule has 1 N–H and O–H groups in total. The molecule has 0 unspecified atom stereocenters. The minimum absolute atomic E-state index is 0.0606. The topological polar surface area (TPSA) is 58.1 Å². The fourth-order valence-corrected chi connectivity index (χ4v) is 1.99. The fourth-order valence-electron chi connectivity index (χ4n) is 1.62. The first-order valence-corrected chi connectivity index (χ1v) is 5.82. The minimum atomic E-state index is -0.0606. The minimum Gasteiger partial charge on any atom is -0.324 e. The van der Waals surface area contributed by atoms with E-state index in [4.69, 9.17) is 0 Å². The van der Waals surface area contributed by atoms with Gasteiger partial charge < -0.3 is 4.90 Å². The second-order valence-electron chi connectivity index (χ2n) is 3.89. The molecule has 1 aliphatic rings. The number of piperidine rings is 1. The summed E-state index contributed by atoms with van der Waals surface area (Å²) >= 11 is 1.10. The number of hydrogen-bond donors (Lipinski definition) is 1. The Hall–Kier alpha value is -1.17. The largest absolute Gasteiger partial charge is 0.324 e. The Morgan fingerprint density at radius 3 is 2.93 bits per heavy atom. The van der Waals surface area contributed by atoms with Crippen molar-refractivity contribution in [3.63, 3.8) is 0 Å². The van der Waals surface area contributed by atoms with Crippen molar-refractivity contribution in [3.8, 4) is 0 Å². The molecular weight excluding hydrogens is 212 g/mol. The average Bonchev–Trinajstić information content (AvgIpc) is 2.71. The summed E-state index contributed by atoms with van der Waals surface area (Å²) in [5.74, 6) is 1.28. The van der Waals surface area contributed by atoms with Crippen LogP contribution in [0.15, 0.2) is 6.20 Å². The molecule has 0 atom stereocenters. The molecule has 0 bridgehead atoms. The van der Waals surface area contributed by atoms with Crippen LogP contribution in [-0.2, 0) is 0 Å². The lowest BCUT2D eigenvalue weighted by molar-refractivity contribution is 0.186. The highest BCUT2D eigenvalue weighted by molar-refractivity contribution is 6.99. The molecule has 15 heavy (non-hydrogen) atoms. The highest BCUT2D eigenvalue weighted by Gasteiger charge is 2.20. The molecule has 0 spiro atoms. The Bertz CT molecular complexity index is 319. The highest BCUT2D eigenvalue weighted by atomic mass is 32.1. The van der Waals surface area contributed by atoms with Gasteiger partial charge in [-0.05, 0) is 18.8 Å². The van der Waals surface area contributed by atoms with Crippen molar-refractivity contribution >= 4 is 23.6 Å². The number of likely N-dealkylation sites (tertiary alicyclic amines) is 1. The number of rotatable bonds is 1. The van der Waals surface area contributed by atoms with E-state index in [2.05, 4.69) is 21.0 Å². The van der Waals surface area contributed by atoms with Gasteiger partial charge in [0.2, 0.25) is 0 Å². The quantitative estimate of drug-likeness (QED) is 0.794. The maximum Gasteiger partial charge on any atom is 0.323 e. The molecule has 2 rings (SSSR count). The van der Waals surface area contributed by atoms with Crippen LogP contribution in [0.5, 0.6) is 0 Å². The van der Waals surface area contributed by atoms with Crippen molar-refractivity contribution in [3.05, 3.63) is 6.20 Å². The average molecular weight is 226 g/mol. The number of nitrogens with zero attached hydrogens (tertiary/aromatic N) is 3. The summed E-state index contributed by atoms with van der Waals surface area (Å²) in [6, 6.07) is -0.0606. The highest BCUT2D eigenvalue weighted by Crippen LogP contribution is 2.16. The summed E-state index contributed by atoms with van der Waals surface area (Å²) in [7, 11) is 0. The van der Waals surface area contributed by atoms with Crippen molar-refractivity contribution in [2.75, 3.05) is 18.4 Å². The van der Waals surface area contributed by atoms with Crippen molar-refractivity contribution < 1.29 is 4.79 Å². The van der Waals surface area contributed by atoms with E-state index in [0.717, 1.165) is 43.6 Å². The van der Waals surface area contributed by atoms with Crippen LogP contribution in [0.1, 0.15) is 19.8 Å². The Labute approximate surface area is 92.8 Å². The molecule has 6 heteroatoms. The predicted octanol–water partition coefficient (Wildman–Crippen LogP) is 1.80. The first kappa shape index (κ1) is 10.4. The van der Waals surface area contributed by atoms with Crippen LogP contribution in [0.25, 0.3) is 0 Å². The van der Waals surface area contributed by atoms with Gasteiger partial charge in [-0.1, -0.05) is 6.92 Å². The summed E-state index contributed by atoms with van der Waals surface area (Å²) in [6.45, 7) is 3.90. The van der Waals surface area contributed by atoms with Crippen LogP contribution >= 0.6 is 11.7 Å². The fraction of sp³-hybridized carbons (Fsp3) is 0.667. The summed E-state index contributed by atoms with van der Waals surface area (Å²) < 4.78 is 7.77. The second-order valence-corrected chi connectivity index (χ2v) is 4.45. The molecule has 0 aromatic carbocycles. The Kier molecular flexibility index (Phi) is 3.15. The van der Waals surface area contributed by atoms with Gasteiger partial charge in [0.15, 0.2) is 5.82 Å².